The smallest absolute Gasteiger partial charge is 0.193 e. The highest BCUT2D eigenvalue weighted by Gasteiger charge is 2.09. The van der Waals surface area contributed by atoms with Gasteiger partial charge in [0.2, 0.25) is 0 Å². The lowest BCUT2D eigenvalue weighted by Gasteiger charge is -2.23. The van der Waals surface area contributed by atoms with Gasteiger partial charge in [-0.15, -0.1) is 24.0 Å². The van der Waals surface area contributed by atoms with E-state index in [-0.39, 0.29) is 24.0 Å². The van der Waals surface area contributed by atoms with Crippen molar-refractivity contribution in [1.29, 1.82) is 0 Å². The van der Waals surface area contributed by atoms with Crippen molar-refractivity contribution < 1.29 is 0 Å². The molecule has 0 aliphatic rings. The number of benzene rings is 1. The third kappa shape index (κ3) is 6.19. The van der Waals surface area contributed by atoms with Crippen molar-refractivity contribution in [3.8, 4) is 0 Å². The summed E-state index contributed by atoms with van der Waals surface area (Å²) in [5, 5.41) is 3.42. The lowest BCUT2D eigenvalue weighted by atomic mass is 10.1. The van der Waals surface area contributed by atoms with Crippen LogP contribution in [0.2, 0.25) is 0 Å². The van der Waals surface area contributed by atoms with E-state index < -0.39 is 0 Å². The number of anilines is 1. The van der Waals surface area contributed by atoms with E-state index >= 15 is 0 Å². The second-order valence-corrected chi connectivity index (χ2v) is 6.12. The van der Waals surface area contributed by atoms with Crippen LogP contribution in [0.1, 0.15) is 16.7 Å². The van der Waals surface area contributed by atoms with E-state index in [4.69, 9.17) is 0 Å². The molecule has 2 aromatic rings. The van der Waals surface area contributed by atoms with Crippen molar-refractivity contribution in [2.24, 2.45) is 4.99 Å². The maximum Gasteiger partial charge on any atom is 0.193 e. The molecule has 0 atom stereocenters. The molecular formula is C19H28IN5. The fourth-order valence-electron chi connectivity index (χ4n) is 2.57. The van der Waals surface area contributed by atoms with Gasteiger partial charge in [0, 0.05) is 53.0 Å². The minimum absolute atomic E-state index is 0. The van der Waals surface area contributed by atoms with Crippen molar-refractivity contribution in [3.05, 3.63) is 59.3 Å². The standard InChI is InChI=1S/C19H27N5.HI/c1-15-8-10-16(11-9-15)14-24(5)19(20-2)22-13-17-7-6-12-21-18(17)23(3)4;/h6-12H,13-14H2,1-5H3,(H,20,22);1H. The molecule has 6 heteroatoms. The van der Waals surface area contributed by atoms with Gasteiger partial charge in [-0.1, -0.05) is 35.9 Å². The van der Waals surface area contributed by atoms with Crippen LogP contribution in [0.5, 0.6) is 0 Å². The van der Waals surface area contributed by atoms with Crippen molar-refractivity contribution in [1.82, 2.24) is 15.2 Å². The van der Waals surface area contributed by atoms with Crippen LogP contribution < -0.4 is 10.2 Å². The predicted molar refractivity (Wildman–Crippen MR) is 117 cm³/mol. The fourth-order valence-corrected chi connectivity index (χ4v) is 2.57. The highest BCUT2D eigenvalue weighted by atomic mass is 127. The Morgan fingerprint density at radius 3 is 2.40 bits per heavy atom. The average Bonchev–Trinajstić information content (AvgIpc) is 2.57. The summed E-state index contributed by atoms with van der Waals surface area (Å²) in [7, 11) is 7.86. The van der Waals surface area contributed by atoms with Gasteiger partial charge < -0.3 is 15.1 Å². The van der Waals surface area contributed by atoms with Crippen LogP contribution in [0.4, 0.5) is 5.82 Å². The summed E-state index contributed by atoms with van der Waals surface area (Å²) in [5.74, 6) is 1.84. The molecule has 25 heavy (non-hydrogen) atoms. The van der Waals surface area contributed by atoms with Crippen LogP contribution in [-0.4, -0.2) is 44.0 Å². The topological polar surface area (TPSA) is 43.8 Å². The highest BCUT2D eigenvalue weighted by molar-refractivity contribution is 14.0. The van der Waals surface area contributed by atoms with Crippen molar-refractivity contribution >= 4 is 35.8 Å². The average molecular weight is 453 g/mol. The van der Waals surface area contributed by atoms with Gasteiger partial charge in [0.05, 0.1) is 0 Å². The number of guanidine groups is 1. The molecule has 0 aliphatic heterocycles. The summed E-state index contributed by atoms with van der Waals surface area (Å²) in [6.07, 6.45) is 1.82. The highest BCUT2D eigenvalue weighted by Crippen LogP contribution is 2.14. The predicted octanol–water partition coefficient (Wildman–Crippen LogP) is 3.28. The first kappa shape index (κ1) is 21.2. The van der Waals surface area contributed by atoms with Crippen LogP contribution in [0, 0.1) is 6.92 Å². The van der Waals surface area contributed by atoms with Crippen LogP contribution in [0.15, 0.2) is 47.6 Å². The lowest BCUT2D eigenvalue weighted by molar-refractivity contribution is 0.476. The Labute approximate surface area is 168 Å². The Hall–Kier alpha value is -1.83. The van der Waals surface area contributed by atoms with Crippen LogP contribution in [-0.2, 0) is 13.1 Å². The number of aryl methyl sites for hydroxylation is 1. The Morgan fingerprint density at radius 2 is 1.80 bits per heavy atom. The van der Waals surface area contributed by atoms with Gasteiger partial charge >= 0.3 is 0 Å². The number of hydrogen-bond acceptors (Lipinski definition) is 3. The first-order chi connectivity index (χ1) is 11.5. The molecule has 0 aliphatic carbocycles. The minimum atomic E-state index is 0. The monoisotopic (exact) mass is 453 g/mol. The van der Waals surface area contributed by atoms with Crippen molar-refractivity contribution in [3.63, 3.8) is 0 Å². The maximum absolute atomic E-state index is 4.44. The number of nitrogens with zero attached hydrogens (tertiary/aromatic N) is 4. The SMILES string of the molecule is CN=C(NCc1cccnc1N(C)C)N(C)Cc1ccc(C)cc1.I. The summed E-state index contributed by atoms with van der Waals surface area (Å²) in [5.41, 5.74) is 3.69. The number of aliphatic imine (C=N–C) groups is 1. The molecular weight excluding hydrogens is 425 g/mol. The van der Waals surface area contributed by atoms with Crippen molar-refractivity contribution in [2.75, 3.05) is 33.1 Å². The molecule has 1 aromatic carbocycles. The molecule has 136 valence electrons. The Bertz CT molecular complexity index is 682. The molecule has 0 saturated carbocycles. The summed E-state index contributed by atoms with van der Waals surface area (Å²) in [6, 6.07) is 12.6. The first-order valence-corrected chi connectivity index (χ1v) is 8.10. The van der Waals surface area contributed by atoms with Crippen LogP contribution >= 0.6 is 24.0 Å². The van der Waals surface area contributed by atoms with Gasteiger partial charge in [0.25, 0.3) is 0 Å². The maximum atomic E-state index is 4.44. The zero-order chi connectivity index (χ0) is 17.5. The van der Waals surface area contributed by atoms with Crippen LogP contribution in [0.25, 0.3) is 0 Å². The van der Waals surface area contributed by atoms with E-state index in [1.165, 1.54) is 11.1 Å². The minimum Gasteiger partial charge on any atom is -0.362 e. The van der Waals surface area contributed by atoms with E-state index in [1.807, 2.05) is 45.4 Å². The van der Waals surface area contributed by atoms with E-state index in [1.54, 1.807) is 0 Å². The number of hydrogen-bond donors (Lipinski definition) is 1. The molecule has 0 spiro atoms. The number of nitrogens with one attached hydrogen (secondary N) is 1. The third-order valence-corrected chi connectivity index (χ3v) is 3.84. The molecule has 0 radical (unpaired) electrons. The van der Waals surface area contributed by atoms with Crippen LogP contribution in [0.3, 0.4) is 0 Å². The molecule has 0 bridgehead atoms. The van der Waals surface area contributed by atoms with Gasteiger partial charge in [-0.05, 0) is 18.6 Å². The quantitative estimate of drug-likeness (QED) is 0.429. The van der Waals surface area contributed by atoms with E-state index in [0.717, 1.165) is 23.9 Å². The Morgan fingerprint density at radius 1 is 1.12 bits per heavy atom. The van der Waals surface area contributed by atoms with E-state index in [9.17, 15) is 0 Å². The second-order valence-electron chi connectivity index (χ2n) is 6.12. The van der Waals surface area contributed by atoms with Gasteiger partial charge in [-0.25, -0.2) is 4.98 Å². The van der Waals surface area contributed by atoms with E-state index in [2.05, 4.69) is 57.4 Å². The second kappa shape index (κ2) is 10.2. The largest absolute Gasteiger partial charge is 0.362 e. The lowest BCUT2D eigenvalue weighted by Crippen LogP contribution is -2.38. The molecule has 0 amide bonds. The summed E-state index contributed by atoms with van der Waals surface area (Å²) < 4.78 is 0. The third-order valence-electron chi connectivity index (χ3n) is 3.84. The molecule has 0 saturated heterocycles. The number of halogens is 1. The van der Waals surface area contributed by atoms with Gasteiger partial charge in [0.15, 0.2) is 5.96 Å². The zero-order valence-electron chi connectivity index (χ0n) is 15.7. The van der Waals surface area contributed by atoms with Gasteiger partial charge in [-0.2, -0.15) is 0 Å². The number of rotatable bonds is 5. The summed E-state index contributed by atoms with van der Waals surface area (Å²) >= 11 is 0. The number of pyridine rings is 1. The summed E-state index contributed by atoms with van der Waals surface area (Å²) in [6.45, 7) is 3.60. The van der Waals surface area contributed by atoms with E-state index in [0.29, 0.717) is 6.54 Å². The van der Waals surface area contributed by atoms with Crippen molar-refractivity contribution in [2.45, 2.75) is 20.0 Å². The zero-order valence-corrected chi connectivity index (χ0v) is 18.0. The fraction of sp³-hybridized carbons (Fsp3) is 0.368. The molecule has 1 N–H and O–H groups in total. The molecule has 0 unspecified atom stereocenters. The molecule has 1 aromatic heterocycles. The molecule has 2 rings (SSSR count). The van der Waals surface area contributed by atoms with Gasteiger partial charge in [-0.3, -0.25) is 4.99 Å². The molecule has 0 fully saturated rings. The van der Waals surface area contributed by atoms with Gasteiger partial charge in [0.1, 0.15) is 5.82 Å². The number of aromatic nitrogens is 1. The normalized spacial score (nSPS) is 10.8. The molecule has 5 nitrogen and oxygen atoms in total. The first-order valence-electron chi connectivity index (χ1n) is 8.10. The Balaban J connectivity index is 0.00000312. The summed E-state index contributed by atoms with van der Waals surface area (Å²) in [4.78, 5) is 13.0. The molecule has 1 heterocycles. The Kier molecular flexibility index (Phi) is 8.68.